The second-order valence-electron chi connectivity index (χ2n) is 9.62. The van der Waals surface area contributed by atoms with Gasteiger partial charge in [0.05, 0.1) is 5.56 Å². The number of benzene rings is 2. The van der Waals surface area contributed by atoms with Gasteiger partial charge in [-0.3, -0.25) is 9.88 Å². The second kappa shape index (κ2) is 12.6. The molecule has 8 nitrogen and oxygen atoms in total. The van der Waals surface area contributed by atoms with Gasteiger partial charge in [-0.05, 0) is 79.8 Å². The Kier molecular flexibility index (Phi) is 8.29. The van der Waals surface area contributed by atoms with Crippen molar-refractivity contribution in [1.82, 2.24) is 15.3 Å². The van der Waals surface area contributed by atoms with Crippen LogP contribution in [0.25, 0.3) is 0 Å². The van der Waals surface area contributed by atoms with Crippen molar-refractivity contribution in [3.8, 4) is 6.07 Å². The maximum atomic E-state index is 13.6. The lowest BCUT2D eigenvalue weighted by atomic mass is 9.90. The van der Waals surface area contributed by atoms with Gasteiger partial charge in [0.15, 0.2) is 0 Å². The van der Waals surface area contributed by atoms with Crippen LogP contribution in [0.5, 0.6) is 0 Å². The predicted molar refractivity (Wildman–Crippen MR) is 154 cm³/mol. The predicted octanol–water partition coefficient (Wildman–Crippen LogP) is 6.23. The molecule has 3 N–H and O–H groups in total. The number of urea groups is 1. The van der Waals surface area contributed by atoms with Gasteiger partial charge >= 0.3 is 6.03 Å². The molecule has 8 heteroatoms. The number of nitrogens with one attached hydrogen (secondary N) is 3. The van der Waals surface area contributed by atoms with Gasteiger partial charge < -0.3 is 16.0 Å². The van der Waals surface area contributed by atoms with Crippen molar-refractivity contribution in [2.45, 2.75) is 44.3 Å². The molecule has 0 bridgehead atoms. The van der Waals surface area contributed by atoms with E-state index in [0.29, 0.717) is 12.1 Å². The highest BCUT2D eigenvalue weighted by Gasteiger charge is 2.30. The van der Waals surface area contributed by atoms with E-state index in [2.05, 4.69) is 32.0 Å². The number of hydrogen-bond acceptors (Lipinski definition) is 6. The van der Waals surface area contributed by atoms with Crippen LogP contribution >= 0.6 is 0 Å². The topological polar surface area (TPSA) is 106 Å². The second-order valence-corrected chi connectivity index (χ2v) is 9.62. The van der Waals surface area contributed by atoms with Crippen LogP contribution < -0.4 is 20.9 Å². The van der Waals surface area contributed by atoms with Gasteiger partial charge in [0.25, 0.3) is 0 Å². The molecule has 0 aliphatic heterocycles. The van der Waals surface area contributed by atoms with Crippen molar-refractivity contribution in [3.63, 3.8) is 0 Å². The van der Waals surface area contributed by atoms with Crippen LogP contribution in [-0.4, -0.2) is 28.1 Å². The highest BCUT2D eigenvalue weighted by molar-refractivity contribution is 5.93. The lowest BCUT2D eigenvalue weighted by Gasteiger charge is -2.37. The molecule has 196 valence electrons. The first-order chi connectivity index (χ1) is 19.2. The van der Waals surface area contributed by atoms with Gasteiger partial charge in [0.2, 0.25) is 0 Å². The Balaban J connectivity index is 1.27. The number of anilines is 4. The van der Waals surface area contributed by atoms with E-state index >= 15 is 0 Å². The number of nitriles is 1. The van der Waals surface area contributed by atoms with Crippen LogP contribution in [0.2, 0.25) is 0 Å². The molecular weight excluding hydrogens is 486 g/mol. The molecule has 2 aromatic carbocycles. The highest BCUT2D eigenvalue weighted by Crippen LogP contribution is 2.30. The Labute approximate surface area is 228 Å². The first-order valence-corrected chi connectivity index (χ1v) is 13.2. The Bertz CT molecular complexity index is 1380. The molecule has 0 spiro atoms. The summed E-state index contributed by atoms with van der Waals surface area (Å²) in [4.78, 5) is 23.9. The molecule has 0 radical (unpaired) electrons. The van der Waals surface area contributed by atoms with Crippen molar-refractivity contribution >= 4 is 28.9 Å². The molecule has 2 heterocycles. The van der Waals surface area contributed by atoms with E-state index in [-0.39, 0.29) is 18.1 Å². The summed E-state index contributed by atoms with van der Waals surface area (Å²) < 4.78 is 0. The SMILES string of the molecule is N#Cc1ccc(N[C@H]2CC[C@H](N(C(=O)NCc3ccccc3)c3ccc(Nc4ccncc4)cc3)CC2)nc1. The summed E-state index contributed by atoms with van der Waals surface area (Å²) in [6, 6.07) is 27.7. The fraction of sp³-hybridized carbons (Fsp3) is 0.226. The van der Waals surface area contributed by atoms with E-state index in [1.54, 1.807) is 24.7 Å². The summed E-state index contributed by atoms with van der Waals surface area (Å²) >= 11 is 0. The van der Waals surface area contributed by atoms with Crippen LogP contribution in [0.4, 0.5) is 27.7 Å². The summed E-state index contributed by atoms with van der Waals surface area (Å²) in [7, 11) is 0. The quantitative estimate of drug-likeness (QED) is 0.256. The van der Waals surface area contributed by atoms with Crippen molar-refractivity contribution in [3.05, 3.63) is 109 Å². The molecule has 1 aliphatic rings. The summed E-state index contributed by atoms with van der Waals surface area (Å²) in [5.41, 5.74) is 4.37. The zero-order chi connectivity index (χ0) is 26.9. The minimum absolute atomic E-state index is 0.0757. The third-order valence-corrected chi connectivity index (χ3v) is 6.93. The van der Waals surface area contributed by atoms with E-state index in [1.165, 1.54) is 0 Å². The lowest BCUT2D eigenvalue weighted by Crippen LogP contribution is -2.48. The zero-order valence-electron chi connectivity index (χ0n) is 21.6. The molecule has 39 heavy (non-hydrogen) atoms. The van der Waals surface area contributed by atoms with Gasteiger partial charge in [0, 0.05) is 54.3 Å². The Hall–Kier alpha value is -4.90. The number of amides is 2. The standard InChI is InChI=1S/C31H31N7O/c32-20-24-6-15-30(34-22-24)37-26-9-13-29(14-10-26)38(31(39)35-21-23-4-2-1-3-5-23)28-11-7-25(8-12-28)36-27-16-18-33-19-17-27/h1-8,11-12,15-19,22,26,29H,9-10,13-14,21H2,(H,33,36)(H,34,37)(H,35,39)/t26-,29-. The van der Waals surface area contributed by atoms with E-state index < -0.39 is 0 Å². The maximum absolute atomic E-state index is 13.6. The van der Waals surface area contributed by atoms with Crippen molar-refractivity contribution < 1.29 is 4.79 Å². The summed E-state index contributed by atoms with van der Waals surface area (Å²) in [5, 5.41) is 19.0. The summed E-state index contributed by atoms with van der Waals surface area (Å²) in [6.45, 7) is 0.471. The zero-order valence-corrected chi connectivity index (χ0v) is 21.6. The average Bonchev–Trinajstić information content (AvgIpc) is 2.99. The van der Waals surface area contributed by atoms with Gasteiger partial charge in [-0.25, -0.2) is 9.78 Å². The number of nitrogens with zero attached hydrogens (tertiary/aromatic N) is 4. The maximum Gasteiger partial charge on any atom is 0.322 e. The number of rotatable bonds is 8. The number of hydrogen-bond donors (Lipinski definition) is 3. The lowest BCUT2D eigenvalue weighted by molar-refractivity contribution is 0.240. The smallest absolute Gasteiger partial charge is 0.322 e. The minimum atomic E-state index is -0.0983. The van der Waals surface area contributed by atoms with E-state index in [9.17, 15) is 4.79 Å². The van der Waals surface area contributed by atoms with Crippen LogP contribution in [0.3, 0.4) is 0 Å². The number of pyridine rings is 2. The Morgan fingerprint density at radius 1 is 0.897 bits per heavy atom. The molecule has 1 fully saturated rings. The van der Waals surface area contributed by atoms with E-state index in [0.717, 1.165) is 54.1 Å². The monoisotopic (exact) mass is 517 g/mol. The van der Waals surface area contributed by atoms with Crippen molar-refractivity contribution in [2.24, 2.45) is 0 Å². The first kappa shape index (κ1) is 25.7. The van der Waals surface area contributed by atoms with E-state index in [1.807, 2.05) is 77.7 Å². The van der Waals surface area contributed by atoms with Crippen LogP contribution in [-0.2, 0) is 6.54 Å². The van der Waals surface area contributed by atoms with Gasteiger partial charge in [-0.1, -0.05) is 30.3 Å². The first-order valence-electron chi connectivity index (χ1n) is 13.2. The molecule has 0 saturated heterocycles. The van der Waals surface area contributed by atoms with Crippen molar-refractivity contribution in [2.75, 3.05) is 15.5 Å². The van der Waals surface area contributed by atoms with Gasteiger partial charge in [-0.2, -0.15) is 5.26 Å². The molecule has 0 unspecified atom stereocenters. The number of aromatic nitrogens is 2. The van der Waals surface area contributed by atoms with Gasteiger partial charge in [-0.15, -0.1) is 0 Å². The van der Waals surface area contributed by atoms with E-state index in [4.69, 9.17) is 5.26 Å². The summed E-state index contributed by atoms with van der Waals surface area (Å²) in [5.74, 6) is 0.771. The van der Waals surface area contributed by atoms with Crippen LogP contribution in [0.15, 0.2) is 97.5 Å². The molecular formula is C31H31N7O. The molecule has 2 amide bonds. The Morgan fingerprint density at radius 2 is 1.62 bits per heavy atom. The van der Waals surface area contributed by atoms with Crippen LogP contribution in [0.1, 0.15) is 36.8 Å². The normalized spacial score (nSPS) is 16.5. The molecule has 0 atom stereocenters. The minimum Gasteiger partial charge on any atom is -0.367 e. The number of carbonyl (C=O) groups excluding carboxylic acids is 1. The molecule has 1 saturated carbocycles. The van der Waals surface area contributed by atoms with Crippen molar-refractivity contribution in [1.29, 1.82) is 5.26 Å². The average molecular weight is 518 g/mol. The third-order valence-electron chi connectivity index (χ3n) is 6.93. The molecule has 1 aliphatic carbocycles. The Morgan fingerprint density at radius 3 is 2.28 bits per heavy atom. The van der Waals surface area contributed by atoms with Crippen LogP contribution in [0, 0.1) is 11.3 Å². The molecule has 4 aromatic rings. The third kappa shape index (κ3) is 6.90. The largest absolute Gasteiger partial charge is 0.367 e. The summed E-state index contributed by atoms with van der Waals surface area (Å²) in [6.07, 6.45) is 8.64. The highest BCUT2D eigenvalue weighted by atomic mass is 16.2. The molecule has 2 aromatic heterocycles. The fourth-order valence-electron chi connectivity index (χ4n) is 4.89. The molecule has 5 rings (SSSR count). The number of carbonyl (C=O) groups is 1. The van der Waals surface area contributed by atoms with Gasteiger partial charge in [0.1, 0.15) is 11.9 Å². The fourth-order valence-corrected chi connectivity index (χ4v) is 4.89.